The zero-order chi connectivity index (χ0) is 10.3. The number of carbonyl (C=O) groups is 2. The Morgan fingerprint density at radius 2 is 2.00 bits per heavy atom. The molecule has 4 nitrogen and oxygen atoms in total. The first-order chi connectivity index (χ1) is 6.04. The van der Waals surface area contributed by atoms with Crippen molar-refractivity contribution in [3.8, 4) is 0 Å². The minimum atomic E-state index is -0.129. The predicted molar refractivity (Wildman–Crippen MR) is 49.1 cm³/mol. The molecule has 0 aliphatic rings. The summed E-state index contributed by atoms with van der Waals surface area (Å²) in [5.74, 6) is 0.113. The molecule has 0 radical (unpaired) electrons. The fourth-order valence-electron chi connectivity index (χ4n) is 0.686. The van der Waals surface area contributed by atoms with Gasteiger partial charge in [0, 0.05) is 19.3 Å². The largest absolute Gasteiger partial charge is 0.361 e. The van der Waals surface area contributed by atoms with Crippen molar-refractivity contribution in [2.24, 2.45) is 5.92 Å². The van der Waals surface area contributed by atoms with E-state index in [0.29, 0.717) is 13.0 Å². The van der Waals surface area contributed by atoms with Gasteiger partial charge in [-0.25, -0.2) is 0 Å². The van der Waals surface area contributed by atoms with Crippen molar-refractivity contribution in [3.63, 3.8) is 0 Å². The van der Waals surface area contributed by atoms with Crippen molar-refractivity contribution < 1.29 is 14.3 Å². The first kappa shape index (κ1) is 12.1. The lowest BCUT2D eigenvalue weighted by atomic mass is 10.1. The van der Waals surface area contributed by atoms with Gasteiger partial charge in [-0.1, -0.05) is 13.8 Å². The molecule has 0 saturated carbocycles. The third-order valence-electron chi connectivity index (χ3n) is 1.56. The number of nitrogens with one attached hydrogen (secondary N) is 1. The molecule has 0 unspecified atom stereocenters. The third kappa shape index (κ3) is 7.46. The summed E-state index contributed by atoms with van der Waals surface area (Å²) in [7, 11) is 0. The summed E-state index contributed by atoms with van der Waals surface area (Å²) in [6, 6.07) is 0. The maximum absolute atomic E-state index is 11.1. The summed E-state index contributed by atoms with van der Waals surface area (Å²) < 4.78 is 5.01. The summed E-state index contributed by atoms with van der Waals surface area (Å²) in [4.78, 5) is 21.5. The van der Waals surface area contributed by atoms with Gasteiger partial charge in [-0.05, 0) is 0 Å². The van der Waals surface area contributed by atoms with Gasteiger partial charge in [-0.15, -0.1) is 0 Å². The molecule has 4 heteroatoms. The normalized spacial score (nSPS) is 10.2. The van der Waals surface area contributed by atoms with Crippen LogP contribution < -0.4 is 5.32 Å². The van der Waals surface area contributed by atoms with Gasteiger partial charge in [0.15, 0.2) is 0 Å². The molecule has 0 rings (SSSR count). The van der Waals surface area contributed by atoms with E-state index in [0.717, 1.165) is 0 Å². The van der Waals surface area contributed by atoms with Gasteiger partial charge in [-0.2, -0.15) is 0 Å². The number of carbonyl (C=O) groups excluding carboxylic acids is 2. The van der Waals surface area contributed by atoms with Crippen LogP contribution in [0, 0.1) is 5.92 Å². The van der Waals surface area contributed by atoms with Gasteiger partial charge >= 0.3 is 0 Å². The van der Waals surface area contributed by atoms with Gasteiger partial charge in [-0.3, -0.25) is 9.59 Å². The summed E-state index contributed by atoms with van der Waals surface area (Å²) >= 11 is 0. The molecule has 0 heterocycles. The average molecular weight is 187 g/mol. The van der Waals surface area contributed by atoms with Gasteiger partial charge in [0.2, 0.25) is 5.91 Å². The first-order valence-electron chi connectivity index (χ1n) is 4.39. The van der Waals surface area contributed by atoms with Crippen LogP contribution in [0.5, 0.6) is 0 Å². The number of amides is 1. The molecule has 0 aliphatic carbocycles. The number of hydrogen-bond acceptors (Lipinski definition) is 3. The van der Waals surface area contributed by atoms with Gasteiger partial charge in [0.25, 0.3) is 0 Å². The Morgan fingerprint density at radius 1 is 1.38 bits per heavy atom. The highest BCUT2D eigenvalue weighted by molar-refractivity contribution is 5.80. The highest BCUT2D eigenvalue weighted by atomic mass is 16.5. The maximum atomic E-state index is 11.1. The molecule has 0 aliphatic heterocycles. The number of Topliss-reactive ketones (excluding diaryl/α,β-unsaturated/α-hetero) is 1. The minimum Gasteiger partial charge on any atom is -0.361 e. The standard InChI is InChI=1S/C9H17NO3/c1-7(2)9(12)4-5-13-6-10-8(3)11/h7H,4-6H2,1-3H3,(H,10,11). The van der Waals surface area contributed by atoms with Crippen LogP contribution >= 0.6 is 0 Å². The summed E-state index contributed by atoms with van der Waals surface area (Å²) in [6.45, 7) is 5.69. The molecular formula is C9H17NO3. The fourth-order valence-corrected chi connectivity index (χ4v) is 0.686. The zero-order valence-electron chi connectivity index (χ0n) is 8.42. The lowest BCUT2D eigenvalue weighted by molar-refractivity contribution is -0.123. The summed E-state index contributed by atoms with van der Waals surface area (Å²) in [5.41, 5.74) is 0. The van der Waals surface area contributed by atoms with E-state index in [1.54, 1.807) is 0 Å². The molecule has 0 bridgehead atoms. The Balaban J connectivity index is 3.26. The molecule has 1 N–H and O–H groups in total. The molecule has 0 aromatic rings. The van der Waals surface area contributed by atoms with Crippen LogP contribution in [0.15, 0.2) is 0 Å². The number of hydrogen-bond donors (Lipinski definition) is 1. The van der Waals surface area contributed by atoms with Crippen LogP contribution in [0.2, 0.25) is 0 Å². The van der Waals surface area contributed by atoms with E-state index < -0.39 is 0 Å². The molecule has 0 saturated heterocycles. The van der Waals surface area contributed by atoms with E-state index in [1.165, 1.54) is 6.92 Å². The van der Waals surface area contributed by atoms with Crippen LogP contribution in [0.4, 0.5) is 0 Å². The van der Waals surface area contributed by atoms with Crippen molar-refractivity contribution in [2.45, 2.75) is 27.2 Å². The van der Waals surface area contributed by atoms with E-state index in [9.17, 15) is 9.59 Å². The highest BCUT2D eigenvalue weighted by Crippen LogP contribution is 1.98. The van der Waals surface area contributed by atoms with Gasteiger partial charge in [0.05, 0.1) is 6.61 Å². The first-order valence-corrected chi connectivity index (χ1v) is 4.39. The lowest BCUT2D eigenvalue weighted by Gasteiger charge is -2.05. The van der Waals surface area contributed by atoms with Crippen LogP contribution in [0.3, 0.4) is 0 Å². The smallest absolute Gasteiger partial charge is 0.218 e. The summed E-state index contributed by atoms with van der Waals surface area (Å²) in [5, 5.41) is 2.48. The molecule has 0 atom stereocenters. The maximum Gasteiger partial charge on any atom is 0.218 e. The minimum absolute atomic E-state index is 0.0596. The monoisotopic (exact) mass is 187 g/mol. The SMILES string of the molecule is CC(=O)NCOCCC(=O)C(C)C. The second kappa shape index (κ2) is 6.60. The average Bonchev–Trinajstić information content (AvgIpc) is 2.02. The zero-order valence-corrected chi connectivity index (χ0v) is 8.42. The van der Waals surface area contributed by atoms with E-state index in [1.807, 2.05) is 13.8 Å². The van der Waals surface area contributed by atoms with Crippen molar-refractivity contribution in [1.29, 1.82) is 0 Å². The fraction of sp³-hybridized carbons (Fsp3) is 0.778. The Morgan fingerprint density at radius 3 is 2.46 bits per heavy atom. The molecule has 76 valence electrons. The van der Waals surface area contributed by atoms with Crippen LogP contribution in [-0.4, -0.2) is 25.0 Å². The molecule has 13 heavy (non-hydrogen) atoms. The van der Waals surface area contributed by atoms with E-state index >= 15 is 0 Å². The summed E-state index contributed by atoms with van der Waals surface area (Å²) in [6.07, 6.45) is 0.414. The molecule has 0 aromatic heterocycles. The van der Waals surface area contributed by atoms with E-state index in [4.69, 9.17) is 4.74 Å². The molecule has 0 aromatic carbocycles. The van der Waals surface area contributed by atoms with Gasteiger partial charge in [0.1, 0.15) is 12.5 Å². The third-order valence-corrected chi connectivity index (χ3v) is 1.56. The quantitative estimate of drug-likeness (QED) is 0.492. The number of ketones is 1. The Kier molecular flexibility index (Phi) is 6.14. The second-order valence-electron chi connectivity index (χ2n) is 3.16. The number of ether oxygens (including phenoxy) is 1. The Bertz CT molecular complexity index is 178. The molecule has 1 amide bonds. The van der Waals surface area contributed by atoms with E-state index in [2.05, 4.69) is 5.32 Å². The van der Waals surface area contributed by atoms with Gasteiger partial charge < -0.3 is 10.1 Å². The highest BCUT2D eigenvalue weighted by Gasteiger charge is 2.05. The second-order valence-corrected chi connectivity index (χ2v) is 3.16. The predicted octanol–water partition coefficient (Wildman–Crippen LogP) is 0.712. The van der Waals surface area contributed by atoms with Crippen LogP contribution in [0.1, 0.15) is 27.2 Å². The number of rotatable bonds is 6. The molecule has 0 fully saturated rings. The van der Waals surface area contributed by atoms with Crippen molar-refractivity contribution in [3.05, 3.63) is 0 Å². The lowest BCUT2D eigenvalue weighted by Crippen LogP contribution is -2.24. The Labute approximate surface area is 78.6 Å². The molecule has 0 spiro atoms. The Hall–Kier alpha value is -0.900. The van der Waals surface area contributed by atoms with Crippen LogP contribution in [-0.2, 0) is 14.3 Å². The van der Waals surface area contributed by atoms with Crippen molar-refractivity contribution in [2.75, 3.05) is 13.3 Å². The molecular weight excluding hydrogens is 170 g/mol. The van der Waals surface area contributed by atoms with Crippen LogP contribution in [0.25, 0.3) is 0 Å². The van der Waals surface area contributed by atoms with Crippen molar-refractivity contribution >= 4 is 11.7 Å². The van der Waals surface area contributed by atoms with E-state index in [-0.39, 0.29) is 24.3 Å². The van der Waals surface area contributed by atoms with Crippen molar-refractivity contribution in [1.82, 2.24) is 5.32 Å². The topological polar surface area (TPSA) is 55.4 Å².